The highest BCUT2D eigenvalue weighted by molar-refractivity contribution is 4.90. The zero-order chi connectivity index (χ0) is 14.1. The highest BCUT2D eigenvalue weighted by Crippen LogP contribution is 2.43. The molecule has 1 N–H and O–H groups in total. The molecular weight excluding hydrogens is 230 g/mol. The molecule has 1 nitrogen and oxygen atoms in total. The van der Waals surface area contributed by atoms with Crippen molar-refractivity contribution in [1.82, 2.24) is 5.32 Å². The van der Waals surface area contributed by atoms with Crippen molar-refractivity contribution in [2.45, 2.75) is 97.9 Å². The molecule has 1 aliphatic carbocycles. The van der Waals surface area contributed by atoms with E-state index in [4.69, 9.17) is 0 Å². The van der Waals surface area contributed by atoms with Gasteiger partial charge in [0.05, 0.1) is 0 Å². The van der Waals surface area contributed by atoms with Crippen LogP contribution in [-0.2, 0) is 0 Å². The maximum atomic E-state index is 3.87. The molecule has 2 unspecified atom stereocenters. The van der Waals surface area contributed by atoms with Crippen LogP contribution in [-0.4, -0.2) is 12.6 Å². The van der Waals surface area contributed by atoms with Gasteiger partial charge in [0.1, 0.15) is 0 Å². The Morgan fingerprint density at radius 3 is 2.47 bits per heavy atom. The fourth-order valence-electron chi connectivity index (χ4n) is 3.83. The van der Waals surface area contributed by atoms with Crippen molar-refractivity contribution >= 4 is 0 Å². The lowest BCUT2D eigenvalue weighted by atomic mass is 9.65. The van der Waals surface area contributed by atoms with Gasteiger partial charge in [0.15, 0.2) is 0 Å². The van der Waals surface area contributed by atoms with Crippen molar-refractivity contribution < 1.29 is 0 Å². The Kier molecular flexibility index (Phi) is 8.06. The van der Waals surface area contributed by atoms with Crippen molar-refractivity contribution in [3.8, 4) is 0 Å². The minimum absolute atomic E-state index is 0.550. The largest absolute Gasteiger partial charge is 0.314 e. The van der Waals surface area contributed by atoms with Crippen LogP contribution in [0.4, 0.5) is 0 Å². The van der Waals surface area contributed by atoms with Gasteiger partial charge in [-0.2, -0.15) is 0 Å². The molecule has 19 heavy (non-hydrogen) atoms. The molecule has 0 aliphatic heterocycles. The summed E-state index contributed by atoms with van der Waals surface area (Å²) in [5.41, 5.74) is 0.550. The maximum absolute atomic E-state index is 3.87. The Labute approximate surface area is 121 Å². The molecule has 0 radical (unpaired) electrons. The van der Waals surface area contributed by atoms with Gasteiger partial charge in [-0.15, -0.1) is 0 Å². The van der Waals surface area contributed by atoms with Gasteiger partial charge in [0, 0.05) is 6.04 Å². The number of hydrogen-bond acceptors (Lipinski definition) is 1. The van der Waals surface area contributed by atoms with Gasteiger partial charge in [0.2, 0.25) is 0 Å². The fourth-order valence-corrected chi connectivity index (χ4v) is 3.83. The quantitative estimate of drug-likeness (QED) is 0.541. The summed E-state index contributed by atoms with van der Waals surface area (Å²) < 4.78 is 0. The standard InChI is InChI=1S/C18H37N/c1-5-7-8-9-13-17(19-15-6-2)16-12-10-11-14-18(16,3)4/h16-17,19H,5-15H2,1-4H3. The van der Waals surface area contributed by atoms with Gasteiger partial charge in [-0.25, -0.2) is 0 Å². The van der Waals surface area contributed by atoms with E-state index in [1.807, 2.05) is 0 Å². The molecule has 2 atom stereocenters. The van der Waals surface area contributed by atoms with Gasteiger partial charge in [-0.3, -0.25) is 0 Å². The number of hydrogen-bond donors (Lipinski definition) is 1. The molecule has 0 heterocycles. The molecule has 114 valence electrons. The molecule has 1 fully saturated rings. The van der Waals surface area contributed by atoms with Gasteiger partial charge in [0.25, 0.3) is 0 Å². The van der Waals surface area contributed by atoms with E-state index in [0.717, 1.165) is 12.0 Å². The molecule has 1 rings (SSSR count). The second-order valence-electron chi connectivity index (χ2n) is 7.25. The molecule has 1 aliphatic rings. The Hall–Kier alpha value is -0.0400. The zero-order valence-electron chi connectivity index (χ0n) is 13.9. The average Bonchev–Trinajstić information content (AvgIpc) is 2.38. The number of unbranched alkanes of at least 4 members (excludes halogenated alkanes) is 3. The van der Waals surface area contributed by atoms with E-state index < -0.39 is 0 Å². The summed E-state index contributed by atoms with van der Waals surface area (Å²) in [6.45, 7) is 10.8. The molecule has 0 aromatic rings. The molecule has 0 aromatic heterocycles. The van der Waals surface area contributed by atoms with Crippen LogP contribution in [0.1, 0.15) is 91.9 Å². The molecular formula is C18H37N. The topological polar surface area (TPSA) is 12.0 Å². The summed E-state index contributed by atoms with van der Waals surface area (Å²) in [5.74, 6) is 0.898. The highest BCUT2D eigenvalue weighted by Gasteiger charge is 2.36. The number of rotatable bonds is 9. The van der Waals surface area contributed by atoms with E-state index >= 15 is 0 Å². The van der Waals surface area contributed by atoms with Crippen molar-refractivity contribution in [3.63, 3.8) is 0 Å². The van der Waals surface area contributed by atoms with Crippen molar-refractivity contribution in [2.75, 3.05) is 6.54 Å². The monoisotopic (exact) mass is 267 g/mol. The van der Waals surface area contributed by atoms with E-state index in [9.17, 15) is 0 Å². The summed E-state index contributed by atoms with van der Waals surface area (Å²) >= 11 is 0. The predicted octanol–water partition coefficient (Wildman–Crippen LogP) is 5.54. The third-order valence-corrected chi connectivity index (χ3v) is 5.10. The van der Waals surface area contributed by atoms with Crippen molar-refractivity contribution in [2.24, 2.45) is 11.3 Å². The minimum atomic E-state index is 0.550. The van der Waals surface area contributed by atoms with Crippen LogP contribution in [0.3, 0.4) is 0 Å². The summed E-state index contributed by atoms with van der Waals surface area (Å²) in [7, 11) is 0. The first-order valence-electron chi connectivity index (χ1n) is 8.85. The van der Waals surface area contributed by atoms with Crippen LogP contribution in [0, 0.1) is 11.3 Å². The molecule has 1 saturated carbocycles. The third-order valence-electron chi connectivity index (χ3n) is 5.10. The molecule has 0 spiro atoms. The van der Waals surface area contributed by atoms with Crippen LogP contribution in [0.2, 0.25) is 0 Å². The normalized spacial score (nSPS) is 24.3. The average molecular weight is 268 g/mol. The van der Waals surface area contributed by atoms with E-state index in [-0.39, 0.29) is 0 Å². The molecule has 0 amide bonds. The van der Waals surface area contributed by atoms with Crippen LogP contribution >= 0.6 is 0 Å². The van der Waals surface area contributed by atoms with Crippen molar-refractivity contribution in [1.29, 1.82) is 0 Å². The first kappa shape index (κ1) is 17.0. The van der Waals surface area contributed by atoms with E-state index in [2.05, 4.69) is 33.0 Å². The van der Waals surface area contributed by atoms with Gasteiger partial charge >= 0.3 is 0 Å². The van der Waals surface area contributed by atoms with Crippen LogP contribution < -0.4 is 5.32 Å². The lowest BCUT2D eigenvalue weighted by Crippen LogP contribution is -2.45. The summed E-state index contributed by atoms with van der Waals surface area (Å²) in [6.07, 6.45) is 14.0. The Morgan fingerprint density at radius 2 is 1.84 bits per heavy atom. The highest BCUT2D eigenvalue weighted by atomic mass is 14.9. The lowest BCUT2D eigenvalue weighted by molar-refractivity contribution is 0.0935. The van der Waals surface area contributed by atoms with Crippen LogP contribution in [0.5, 0.6) is 0 Å². The SMILES string of the molecule is CCCCCCC(NCCC)C1CCCCC1(C)C. The summed E-state index contributed by atoms with van der Waals surface area (Å²) in [5, 5.41) is 3.87. The molecule has 1 heteroatoms. The van der Waals surface area contributed by atoms with Crippen molar-refractivity contribution in [3.05, 3.63) is 0 Å². The van der Waals surface area contributed by atoms with E-state index in [1.54, 1.807) is 0 Å². The third kappa shape index (κ3) is 5.85. The Balaban J connectivity index is 2.50. The lowest BCUT2D eigenvalue weighted by Gasteiger charge is -2.44. The molecule has 0 bridgehead atoms. The van der Waals surface area contributed by atoms with Crippen LogP contribution in [0.25, 0.3) is 0 Å². The predicted molar refractivity (Wildman–Crippen MR) is 86.6 cm³/mol. The first-order chi connectivity index (χ1) is 9.11. The molecule has 0 saturated heterocycles. The van der Waals surface area contributed by atoms with Gasteiger partial charge in [-0.05, 0) is 43.6 Å². The van der Waals surface area contributed by atoms with Crippen LogP contribution in [0.15, 0.2) is 0 Å². The second-order valence-corrected chi connectivity index (χ2v) is 7.25. The second kappa shape index (κ2) is 9.00. The first-order valence-corrected chi connectivity index (χ1v) is 8.85. The summed E-state index contributed by atoms with van der Waals surface area (Å²) in [6, 6.07) is 0.770. The van der Waals surface area contributed by atoms with E-state index in [0.29, 0.717) is 5.41 Å². The molecule has 0 aromatic carbocycles. The summed E-state index contributed by atoms with van der Waals surface area (Å²) in [4.78, 5) is 0. The fraction of sp³-hybridized carbons (Fsp3) is 1.00. The zero-order valence-corrected chi connectivity index (χ0v) is 13.9. The van der Waals surface area contributed by atoms with Gasteiger partial charge in [-0.1, -0.05) is 66.2 Å². The Morgan fingerprint density at radius 1 is 1.05 bits per heavy atom. The smallest absolute Gasteiger partial charge is 0.0100 e. The van der Waals surface area contributed by atoms with E-state index in [1.165, 1.54) is 70.8 Å². The number of nitrogens with one attached hydrogen (secondary N) is 1. The Bertz CT molecular complexity index is 222. The minimum Gasteiger partial charge on any atom is -0.314 e. The van der Waals surface area contributed by atoms with Gasteiger partial charge < -0.3 is 5.32 Å². The maximum Gasteiger partial charge on any atom is 0.0100 e.